The number of carbonyl (C=O) groups is 2. The molecule has 1 N–H and O–H groups in total. The summed E-state index contributed by atoms with van der Waals surface area (Å²) in [6.45, 7) is 10.3. The second kappa shape index (κ2) is 9.96. The second-order valence-electron chi connectivity index (χ2n) is 8.65. The lowest BCUT2D eigenvalue weighted by atomic mass is 10.0. The van der Waals surface area contributed by atoms with Crippen LogP contribution in [0.5, 0.6) is 0 Å². The predicted octanol–water partition coefficient (Wildman–Crippen LogP) is 6.05. The molecule has 0 radical (unpaired) electrons. The molecule has 0 saturated carbocycles. The molecule has 34 heavy (non-hydrogen) atoms. The lowest BCUT2D eigenvalue weighted by Gasteiger charge is -2.22. The topological polar surface area (TPSA) is 52.6 Å². The van der Waals surface area contributed by atoms with Crippen LogP contribution in [0.15, 0.2) is 84.6 Å². The smallest absolute Gasteiger partial charge is 0.282 e. The summed E-state index contributed by atoms with van der Waals surface area (Å²) in [6.07, 6.45) is 0. The molecule has 1 heterocycles. The van der Waals surface area contributed by atoms with E-state index in [1.807, 2.05) is 78.9 Å². The first-order valence-corrected chi connectivity index (χ1v) is 11.8. The van der Waals surface area contributed by atoms with Crippen LogP contribution in [0.2, 0.25) is 0 Å². The highest BCUT2D eigenvalue weighted by Gasteiger charge is 2.40. The predicted molar refractivity (Wildman–Crippen MR) is 140 cm³/mol. The van der Waals surface area contributed by atoms with Crippen molar-refractivity contribution in [3.8, 4) is 0 Å². The van der Waals surface area contributed by atoms with Gasteiger partial charge in [-0.3, -0.25) is 9.59 Å². The van der Waals surface area contributed by atoms with E-state index in [1.54, 1.807) is 0 Å². The maximum absolute atomic E-state index is 13.6. The minimum Gasteiger partial charge on any atom is -0.372 e. The summed E-state index contributed by atoms with van der Waals surface area (Å²) in [5, 5.41) is 3.24. The molecule has 0 unspecified atom stereocenters. The maximum Gasteiger partial charge on any atom is 0.282 e. The largest absolute Gasteiger partial charge is 0.372 e. The van der Waals surface area contributed by atoms with E-state index in [0.29, 0.717) is 28.4 Å². The molecule has 1 aliphatic heterocycles. The Morgan fingerprint density at radius 2 is 1.41 bits per heavy atom. The summed E-state index contributed by atoms with van der Waals surface area (Å²) < 4.78 is 0. The van der Waals surface area contributed by atoms with Crippen molar-refractivity contribution < 1.29 is 9.59 Å². The lowest BCUT2D eigenvalue weighted by molar-refractivity contribution is -0.120. The molecule has 0 atom stereocenters. The van der Waals surface area contributed by atoms with Crippen molar-refractivity contribution >= 4 is 34.4 Å². The Morgan fingerprint density at radius 1 is 0.794 bits per heavy atom. The molecule has 0 fully saturated rings. The standard InChI is InChI=1S/C29H31N3O2/c1-5-31(6-2)24-16-18-25(19-17-24)32-28(33)26(22-10-8-7-9-11-22)27(29(32)34)30-23-14-12-21(13-15-23)20(3)4/h7-20,30H,5-6H2,1-4H3. The third-order valence-electron chi connectivity index (χ3n) is 6.23. The molecule has 174 valence electrons. The quantitative estimate of drug-likeness (QED) is 0.422. The number of imide groups is 1. The molecule has 2 amide bonds. The van der Waals surface area contributed by atoms with Crippen LogP contribution < -0.4 is 15.1 Å². The summed E-state index contributed by atoms with van der Waals surface area (Å²) >= 11 is 0. The number of hydrogen-bond acceptors (Lipinski definition) is 4. The van der Waals surface area contributed by atoms with Gasteiger partial charge in [0, 0.05) is 24.5 Å². The Labute approximate surface area is 201 Å². The molecule has 3 aromatic carbocycles. The molecule has 0 spiro atoms. The monoisotopic (exact) mass is 453 g/mol. The first-order chi connectivity index (χ1) is 16.4. The fourth-order valence-electron chi connectivity index (χ4n) is 4.25. The molecule has 5 nitrogen and oxygen atoms in total. The molecule has 5 heteroatoms. The molecule has 0 aliphatic carbocycles. The van der Waals surface area contributed by atoms with Crippen LogP contribution in [-0.4, -0.2) is 24.9 Å². The Kier molecular flexibility index (Phi) is 6.82. The Bertz CT molecular complexity index is 1190. The number of amides is 2. The van der Waals surface area contributed by atoms with E-state index in [0.717, 1.165) is 24.5 Å². The number of nitrogens with zero attached hydrogens (tertiary/aromatic N) is 2. The number of hydrogen-bond donors (Lipinski definition) is 1. The summed E-state index contributed by atoms with van der Waals surface area (Å²) in [7, 11) is 0. The van der Waals surface area contributed by atoms with Gasteiger partial charge in [0.1, 0.15) is 5.70 Å². The van der Waals surface area contributed by atoms with Crippen LogP contribution in [0.25, 0.3) is 5.57 Å². The maximum atomic E-state index is 13.6. The van der Waals surface area contributed by atoms with Gasteiger partial charge in [0.2, 0.25) is 0 Å². The molecule has 0 saturated heterocycles. The van der Waals surface area contributed by atoms with E-state index in [2.05, 4.69) is 37.9 Å². The van der Waals surface area contributed by atoms with Crippen LogP contribution >= 0.6 is 0 Å². The molecular weight excluding hydrogens is 422 g/mol. The Hall–Kier alpha value is -3.86. The van der Waals surface area contributed by atoms with Crippen LogP contribution in [-0.2, 0) is 9.59 Å². The van der Waals surface area contributed by atoms with Gasteiger partial charge >= 0.3 is 0 Å². The van der Waals surface area contributed by atoms with Gasteiger partial charge < -0.3 is 10.2 Å². The zero-order chi connectivity index (χ0) is 24.2. The average molecular weight is 454 g/mol. The lowest BCUT2D eigenvalue weighted by Crippen LogP contribution is -2.32. The van der Waals surface area contributed by atoms with Crippen molar-refractivity contribution in [1.29, 1.82) is 0 Å². The van der Waals surface area contributed by atoms with Crippen molar-refractivity contribution in [3.05, 3.63) is 95.7 Å². The normalized spacial score (nSPS) is 13.7. The minimum absolute atomic E-state index is 0.293. The van der Waals surface area contributed by atoms with E-state index >= 15 is 0 Å². The van der Waals surface area contributed by atoms with Gasteiger partial charge in [-0.15, -0.1) is 0 Å². The SMILES string of the molecule is CCN(CC)c1ccc(N2C(=O)C(Nc3ccc(C(C)C)cc3)=C(c3ccccc3)C2=O)cc1. The van der Waals surface area contributed by atoms with Crippen LogP contribution in [0.4, 0.5) is 17.1 Å². The van der Waals surface area contributed by atoms with Crippen LogP contribution in [0.3, 0.4) is 0 Å². The van der Waals surface area contributed by atoms with Crippen LogP contribution in [0.1, 0.15) is 44.7 Å². The number of nitrogens with one attached hydrogen (secondary N) is 1. The fraction of sp³-hybridized carbons (Fsp3) is 0.241. The third kappa shape index (κ3) is 4.46. The first-order valence-electron chi connectivity index (χ1n) is 11.8. The van der Waals surface area contributed by atoms with Crippen molar-refractivity contribution in [1.82, 2.24) is 0 Å². The Balaban J connectivity index is 1.71. The summed E-state index contributed by atoms with van der Waals surface area (Å²) in [4.78, 5) is 30.7. The van der Waals surface area contributed by atoms with Gasteiger partial charge in [-0.25, -0.2) is 4.90 Å². The van der Waals surface area contributed by atoms with Crippen molar-refractivity contribution in [2.45, 2.75) is 33.6 Å². The van der Waals surface area contributed by atoms with E-state index < -0.39 is 0 Å². The number of carbonyl (C=O) groups excluding carboxylic acids is 2. The van der Waals surface area contributed by atoms with E-state index in [9.17, 15) is 9.59 Å². The molecule has 4 rings (SSSR count). The highest BCUT2D eigenvalue weighted by molar-refractivity contribution is 6.46. The van der Waals surface area contributed by atoms with Gasteiger partial charge in [-0.2, -0.15) is 0 Å². The molecular formula is C29H31N3O2. The van der Waals surface area contributed by atoms with Crippen LogP contribution in [0, 0.1) is 0 Å². The zero-order valence-electron chi connectivity index (χ0n) is 20.2. The van der Waals surface area contributed by atoms with E-state index in [1.165, 1.54) is 10.5 Å². The van der Waals surface area contributed by atoms with Gasteiger partial charge in [-0.05, 0) is 67.3 Å². The van der Waals surface area contributed by atoms with Crippen molar-refractivity contribution in [2.75, 3.05) is 28.2 Å². The minimum atomic E-state index is -0.354. The summed E-state index contributed by atoms with van der Waals surface area (Å²) in [5.74, 6) is -0.266. The number of benzene rings is 3. The summed E-state index contributed by atoms with van der Waals surface area (Å²) in [6, 6.07) is 24.9. The highest BCUT2D eigenvalue weighted by atomic mass is 16.2. The third-order valence-corrected chi connectivity index (χ3v) is 6.23. The van der Waals surface area contributed by atoms with Crippen molar-refractivity contribution in [3.63, 3.8) is 0 Å². The average Bonchev–Trinajstić information content (AvgIpc) is 3.10. The second-order valence-corrected chi connectivity index (χ2v) is 8.65. The summed E-state index contributed by atoms with van der Waals surface area (Å²) in [5.41, 5.74) is 5.00. The van der Waals surface area contributed by atoms with E-state index in [4.69, 9.17) is 0 Å². The number of anilines is 3. The van der Waals surface area contributed by atoms with Crippen molar-refractivity contribution in [2.24, 2.45) is 0 Å². The van der Waals surface area contributed by atoms with E-state index in [-0.39, 0.29) is 11.8 Å². The highest BCUT2D eigenvalue weighted by Crippen LogP contribution is 2.34. The number of rotatable bonds is 8. The Morgan fingerprint density at radius 3 is 1.97 bits per heavy atom. The molecule has 0 aromatic heterocycles. The van der Waals surface area contributed by atoms with Gasteiger partial charge in [0.05, 0.1) is 11.3 Å². The zero-order valence-corrected chi connectivity index (χ0v) is 20.2. The molecule has 0 bridgehead atoms. The fourth-order valence-corrected chi connectivity index (χ4v) is 4.25. The molecule has 1 aliphatic rings. The molecule has 3 aromatic rings. The van der Waals surface area contributed by atoms with Gasteiger partial charge in [0.15, 0.2) is 0 Å². The van der Waals surface area contributed by atoms with Gasteiger partial charge in [0.25, 0.3) is 11.8 Å². The first kappa shape index (κ1) is 23.3. The van der Waals surface area contributed by atoms with Gasteiger partial charge in [-0.1, -0.05) is 56.3 Å².